The quantitative estimate of drug-likeness (QED) is 0.587. The Hall–Kier alpha value is -1.84. The van der Waals surface area contributed by atoms with Crippen molar-refractivity contribution in [2.24, 2.45) is 0 Å². The van der Waals surface area contributed by atoms with Crippen LogP contribution in [-0.2, 0) is 9.53 Å². The van der Waals surface area contributed by atoms with Crippen LogP contribution in [0.1, 0.15) is 17.3 Å². The Morgan fingerprint density at radius 3 is 2.60 bits per heavy atom. The van der Waals surface area contributed by atoms with Gasteiger partial charge in [-0.05, 0) is 31.2 Å². The smallest absolute Gasteiger partial charge is 0.338 e. The zero-order valence-corrected chi connectivity index (χ0v) is 8.53. The second-order valence-corrected chi connectivity index (χ2v) is 2.85. The molecule has 1 aromatic carbocycles. The standard InChI is InChI=1S/C11H13NO3/c1-2-15-11(14)9-3-5-10(6-4-9)12-7-8-13/h3-6,8,12H,2,7H2,1H3. The molecule has 0 aliphatic rings. The molecule has 0 atom stereocenters. The van der Waals surface area contributed by atoms with Crippen LogP contribution < -0.4 is 5.32 Å². The van der Waals surface area contributed by atoms with Crippen molar-refractivity contribution in [3.63, 3.8) is 0 Å². The predicted molar refractivity (Wildman–Crippen MR) is 57.0 cm³/mol. The molecule has 0 unspecified atom stereocenters. The van der Waals surface area contributed by atoms with Gasteiger partial charge in [0.15, 0.2) is 0 Å². The topological polar surface area (TPSA) is 55.4 Å². The van der Waals surface area contributed by atoms with E-state index in [4.69, 9.17) is 4.74 Å². The average molecular weight is 207 g/mol. The van der Waals surface area contributed by atoms with Crippen molar-refractivity contribution in [3.05, 3.63) is 29.8 Å². The highest BCUT2D eigenvalue weighted by Gasteiger charge is 2.04. The Bertz CT molecular complexity index is 332. The third-order valence-electron chi connectivity index (χ3n) is 1.79. The molecule has 0 heterocycles. The lowest BCUT2D eigenvalue weighted by atomic mass is 10.2. The Morgan fingerprint density at radius 2 is 2.07 bits per heavy atom. The van der Waals surface area contributed by atoms with Gasteiger partial charge in [0, 0.05) is 5.69 Å². The van der Waals surface area contributed by atoms with E-state index in [1.54, 1.807) is 31.2 Å². The molecule has 1 aromatic rings. The zero-order chi connectivity index (χ0) is 11.1. The van der Waals surface area contributed by atoms with E-state index in [-0.39, 0.29) is 12.5 Å². The molecule has 0 saturated heterocycles. The summed E-state index contributed by atoms with van der Waals surface area (Å²) in [5.41, 5.74) is 1.31. The molecule has 4 nitrogen and oxygen atoms in total. The van der Waals surface area contributed by atoms with Crippen LogP contribution in [0, 0.1) is 0 Å². The molecule has 4 heteroatoms. The van der Waals surface area contributed by atoms with E-state index in [0.29, 0.717) is 12.2 Å². The number of hydrogen-bond donors (Lipinski definition) is 1. The number of ether oxygens (including phenoxy) is 1. The van der Waals surface area contributed by atoms with Gasteiger partial charge in [0.2, 0.25) is 0 Å². The molecule has 0 aromatic heterocycles. The number of rotatable bonds is 5. The number of benzene rings is 1. The van der Waals surface area contributed by atoms with Crippen LogP contribution in [-0.4, -0.2) is 25.4 Å². The molecule has 0 aliphatic heterocycles. The van der Waals surface area contributed by atoms with Crippen LogP contribution in [0.25, 0.3) is 0 Å². The van der Waals surface area contributed by atoms with E-state index in [2.05, 4.69) is 5.32 Å². The minimum Gasteiger partial charge on any atom is -0.462 e. The van der Waals surface area contributed by atoms with Gasteiger partial charge >= 0.3 is 5.97 Å². The Balaban J connectivity index is 2.63. The molecular formula is C11H13NO3. The number of hydrogen-bond acceptors (Lipinski definition) is 4. The number of aldehydes is 1. The van der Waals surface area contributed by atoms with Gasteiger partial charge in [-0.15, -0.1) is 0 Å². The summed E-state index contributed by atoms with van der Waals surface area (Å²) in [5, 5.41) is 2.87. The van der Waals surface area contributed by atoms with Crippen LogP contribution in [0.2, 0.25) is 0 Å². The highest BCUT2D eigenvalue weighted by molar-refractivity contribution is 5.89. The molecular weight excluding hydrogens is 194 g/mol. The van der Waals surface area contributed by atoms with Crippen LogP contribution in [0.3, 0.4) is 0 Å². The highest BCUT2D eigenvalue weighted by Crippen LogP contribution is 2.09. The summed E-state index contributed by atoms with van der Waals surface area (Å²) in [6, 6.07) is 6.78. The van der Waals surface area contributed by atoms with Crippen molar-refractivity contribution in [1.82, 2.24) is 0 Å². The molecule has 0 bridgehead atoms. The molecule has 0 spiro atoms. The third-order valence-corrected chi connectivity index (χ3v) is 1.79. The Labute approximate surface area is 88.2 Å². The molecule has 0 saturated carbocycles. The molecule has 0 amide bonds. The predicted octanol–water partition coefficient (Wildman–Crippen LogP) is 1.47. The summed E-state index contributed by atoms with van der Waals surface area (Å²) < 4.78 is 4.83. The summed E-state index contributed by atoms with van der Waals surface area (Å²) >= 11 is 0. The van der Waals surface area contributed by atoms with Gasteiger partial charge in [0.25, 0.3) is 0 Å². The fourth-order valence-electron chi connectivity index (χ4n) is 1.10. The first kappa shape index (κ1) is 11.2. The Morgan fingerprint density at radius 1 is 1.40 bits per heavy atom. The summed E-state index contributed by atoms with van der Waals surface area (Å²) in [7, 11) is 0. The van der Waals surface area contributed by atoms with Crippen molar-refractivity contribution in [2.45, 2.75) is 6.92 Å². The largest absolute Gasteiger partial charge is 0.462 e. The van der Waals surface area contributed by atoms with Gasteiger partial charge in [0.1, 0.15) is 6.29 Å². The maximum absolute atomic E-state index is 11.3. The molecule has 0 radical (unpaired) electrons. The van der Waals surface area contributed by atoms with E-state index in [1.165, 1.54) is 0 Å². The number of carbonyl (C=O) groups excluding carboxylic acids is 2. The Kier molecular flexibility index (Phi) is 4.34. The lowest BCUT2D eigenvalue weighted by molar-refractivity contribution is -0.106. The van der Waals surface area contributed by atoms with Gasteiger partial charge in [-0.3, -0.25) is 0 Å². The van der Waals surface area contributed by atoms with Crippen molar-refractivity contribution in [1.29, 1.82) is 0 Å². The first-order valence-corrected chi connectivity index (χ1v) is 4.72. The minimum absolute atomic E-state index is 0.263. The maximum Gasteiger partial charge on any atom is 0.338 e. The van der Waals surface area contributed by atoms with E-state index in [1.807, 2.05) is 0 Å². The number of nitrogens with one attached hydrogen (secondary N) is 1. The van der Waals surface area contributed by atoms with Crippen molar-refractivity contribution in [2.75, 3.05) is 18.5 Å². The van der Waals surface area contributed by atoms with Crippen LogP contribution in [0.5, 0.6) is 0 Å². The second-order valence-electron chi connectivity index (χ2n) is 2.85. The average Bonchev–Trinajstić information content (AvgIpc) is 2.27. The molecule has 15 heavy (non-hydrogen) atoms. The van der Waals surface area contributed by atoms with Gasteiger partial charge in [-0.1, -0.05) is 0 Å². The molecule has 1 rings (SSSR count). The van der Waals surface area contributed by atoms with E-state index < -0.39 is 0 Å². The van der Waals surface area contributed by atoms with Crippen molar-refractivity contribution < 1.29 is 14.3 Å². The van der Waals surface area contributed by atoms with Gasteiger partial charge in [-0.25, -0.2) is 4.79 Å². The lowest BCUT2D eigenvalue weighted by Gasteiger charge is -2.04. The number of esters is 1. The van der Waals surface area contributed by atoms with E-state index in [0.717, 1.165) is 12.0 Å². The monoisotopic (exact) mass is 207 g/mol. The van der Waals surface area contributed by atoms with E-state index in [9.17, 15) is 9.59 Å². The van der Waals surface area contributed by atoms with Gasteiger partial charge < -0.3 is 14.8 Å². The van der Waals surface area contributed by atoms with Crippen molar-refractivity contribution >= 4 is 17.9 Å². The number of carbonyl (C=O) groups is 2. The van der Waals surface area contributed by atoms with Crippen LogP contribution in [0.15, 0.2) is 24.3 Å². The highest BCUT2D eigenvalue weighted by atomic mass is 16.5. The fourth-order valence-corrected chi connectivity index (χ4v) is 1.10. The van der Waals surface area contributed by atoms with E-state index >= 15 is 0 Å². The maximum atomic E-state index is 11.3. The molecule has 80 valence electrons. The fraction of sp³-hybridized carbons (Fsp3) is 0.273. The first-order chi connectivity index (χ1) is 7.27. The zero-order valence-electron chi connectivity index (χ0n) is 8.53. The third kappa shape index (κ3) is 3.42. The SMILES string of the molecule is CCOC(=O)c1ccc(NCC=O)cc1. The van der Waals surface area contributed by atoms with Crippen LogP contribution in [0.4, 0.5) is 5.69 Å². The van der Waals surface area contributed by atoms with Gasteiger partial charge in [0.05, 0.1) is 18.7 Å². The summed E-state index contributed by atoms with van der Waals surface area (Å²) in [6.07, 6.45) is 0.777. The van der Waals surface area contributed by atoms with Gasteiger partial charge in [-0.2, -0.15) is 0 Å². The summed E-state index contributed by atoms with van der Waals surface area (Å²) in [5.74, 6) is -0.334. The first-order valence-electron chi connectivity index (χ1n) is 4.72. The summed E-state index contributed by atoms with van der Waals surface area (Å²) in [6.45, 7) is 2.39. The normalized spacial score (nSPS) is 9.40. The van der Waals surface area contributed by atoms with Crippen LogP contribution >= 0.6 is 0 Å². The number of anilines is 1. The summed E-state index contributed by atoms with van der Waals surface area (Å²) in [4.78, 5) is 21.4. The van der Waals surface area contributed by atoms with Crippen molar-refractivity contribution in [3.8, 4) is 0 Å². The molecule has 0 fully saturated rings. The molecule has 1 N–H and O–H groups in total. The lowest BCUT2D eigenvalue weighted by Crippen LogP contribution is -2.05. The minimum atomic E-state index is -0.334. The second kappa shape index (κ2) is 5.80. The molecule has 0 aliphatic carbocycles.